The van der Waals surface area contributed by atoms with Gasteiger partial charge in [0.2, 0.25) is 11.8 Å². The van der Waals surface area contributed by atoms with Gasteiger partial charge in [0.15, 0.2) is 0 Å². The van der Waals surface area contributed by atoms with E-state index < -0.39 is 24.0 Å². The molecular weight excluding hydrogens is 514 g/mol. The van der Waals surface area contributed by atoms with Gasteiger partial charge in [0, 0.05) is 18.4 Å². The van der Waals surface area contributed by atoms with Gasteiger partial charge in [0.1, 0.15) is 18.7 Å². The largest absolute Gasteiger partial charge is 0.459 e. The maximum atomic E-state index is 13.5. The molecular formula is C34H41N3O4. The highest BCUT2D eigenvalue weighted by Crippen LogP contribution is 2.47. The molecule has 216 valence electrons. The summed E-state index contributed by atoms with van der Waals surface area (Å²) >= 11 is 0. The van der Waals surface area contributed by atoms with Gasteiger partial charge in [-0.25, -0.2) is 4.79 Å². The Morgan fingerprint density at radius 2 is 1.37 bits per heavy atom. The van der Waals surface area contributed by atoms with Crippen molar-refractivity contribution in [3.8, 4) is 0 Å². The molecule has 0 aliphatic heterocycles. The van der Waals surface area contributed by atoms with E-state index in [1.54, 1.807) is 0 Å². The van der Waals surface area contributed by atoms with Crippen molar-refractivity contribution in [2.45, 2.75) is 63.6 Å². The number of benzene rings is 3. The number of hydrogen-bond donors (Lipinski definition) is 3. The Morgan fingerprint density at radius 3 is 1.95 bits per heavy atom. The first-order valence-corrected chi connectivity index (χ1v) is 14.4. The number of hydrogen-bond acceptors (Lipinski definition) is 5. The molecule has 1 saturated carbocycles. The Bertz CT molecular complexity index is 1260. The minimum Gasteiger partial charge on any atom is -0.459 e. The fourth-order valence-corrected chi connectivity index (χ4v) is 5.02. The monoisotopic (exact) mass is 555 g/mol. The van der Waals surface area contributed by atoms with Gasteiger partial charge in [-0.05, 0) is 41.9 Å². The average Bonchev–Trinajstić information content (AvgIpc) is 3.77. The van der Waals surface area contributed by atoms with E-state index >= 15 is 0 Å². The molecule has 41 heavy (non-hydrogen) atoms. The first-order chi connectivity index (χ1) is 19.8. The zero-order valence-corrected chi connectivity index (χ0v) is 24.0. The molecule has 1 aliphatic rings. The summed E-state index contributed by atoms with van der Waals surface area (Å²) in [5.74, 6) is -1.02. The molecule has 0 heterocycles. The van der Waals surface area contributed by atoms with Crippen LogP contribution in [-0.2, 0) is 37.6 Å². The number of rotatable bonds is 15. The maximum absolute atomic E-state index is 13.5. The Labute approximate surface area is 243 Å². The zero-order chi connectivity index (χ0) is 29.1. The Hall–Kier alpha value is -3.97. The molecule has 0 spiro atoms. The minimum absolute atomic E-state index is 0.0759. The highest BCUT2D eigenvalue weighted by atomic mass is 16.5. The highest BCUT2D eigenvalue weighted by Gasteiger charge is 2.43. The quantitative estimate of drug-likeness (QED) is 0.243. The smallest absolute Gasteiger partial charge is 0.328 e. The molecule has 1 aliphatic carbocycles. The first-order valence-electron chi connectivity index (χ1n) is 14.4. The molecule has 1 fully saturated rings. The van der Waals surface area contributed by atoms with Crippen LogP contribution in [0.5, 0.6) is 0 Å². The van der Waals surface area contributed by atoms with Gasteiger partial charge in [0.25, 0.3) is 0 Å². The number of carbonyl (C=O) groups is 3. The van der Waals surface area contributed by atoms with Gasteiger partial charge in [-0.1, -0.05) is 105 Å². The number of ether oxygens (including phenoxy) is 1. The summed E-state index contributed by atoms with van der Waals surface area (Å²) in [5.41, 5.74) is 3.14. The normalized spacial score (nSPS) is 15.0. The van der Waals surface area contributed by atoms with Crippen LogP contribution in [0.4, 0.5) is 0 Å². The molecule has 4 rings (SSSR count). The summed E-state index contributed by atoms with van der Waals surface area (Å²) < 4.78 is 5.55. The minimum atomic E-state index is -0.840. The lowest BCUT2D eigenvalue weighted by Crippen LogP contribution is -2.54. The van der Waals surface area contributed by atoms with E-state index in [-0.39, 0.29) is 30.4 Å². The zero-order valence-electron chi connectivity index (χ0n) is 24.0. The topological polar surface area (TPSA) is 96.5 Å². The lowest BCUT2D eigenvalue weighted by Gasteiger charge is -2.24. The van der Waals surface area contributed by atoms with Gasteiger partial charge in [-0.15, -0.1) is 0 Å². The van der Waals surface area contributed by atoms with E-state index in [0.717, 1.165) is 24.0 Å². The molecule has 0 aromatic heterocycles. The maximum Gasteiger partial charge on any atom is 0.328 e. The summed E-state index contributed by atoms with van der Waals surface area (Å²) in [6.07, 6.45) is 2.90. The van der Waals surface area contributed by atoms with E-state index in [1.165, 1.54) is 5.56 Å². The van der Waals surface area contributed by atoms with Crippen LogP contribution in [0.3, 0.4) is 0 Å². The molecule has 0 radical (unpaired) electrons. The van der Waals surface area contributed by atoms with Crippen molar-refractivity contribution in [3.05, 3.63) is 108 Å². The Morgan fingerprint density at radius 1 is 0.780 bits per heavy atom. The summed E-state index contributed by atoms with van der Waals surface area (Å²) in [6, 6.07) is 27.7. The van der Waals surface area contributed by atoms with Gasteiger partial charge in [-0.3, -0.25) is 9.59 Å². The van der Waals surface area contributed by atoms with Gasteiger partial charge >= 0.3 is 5.97 Å². The molecule has 0 bridgehead atoms. The summed E-state index contributed by atoms with van der Waals surface area (Å²) in [6.45, 7) is 4.90. The van der Waals surface area contributed by atoms with E-state index in [1.807, 2.05) is 92.7 Å². The predicted molar refractivity (Wildman–Crippen MR) is 160 cm³/mol. The molecule has 3 aromatic carbocycles. The SMILES string of the molecule is CC(C)C[C@@H](NC(=O)C(Cc1ccccc1)NC(=O)CNCC1(c2ccccc2)CC1)C(=O)OCc1ccccc1. The van der Waals surface area contributed by atoms with Crippen molar-refractivity contribution < 1.29 is 19.1 Å². The van der Waals surface area contributed by atoms with Crippen LogP contribution in [0.1, 0.15) is 49.8 Å². The van der Waals surface area contributed by atoms with E-state index in [9.17, 15) is 14.4 Å². The fraction of sp³-hybridized carbons (Fsp3) is 0.382. The molecule has 3 N–H and O–H groups in total. The second-order valence-corrected chi connectivity index (χ2v) is 11.3. The lowest BCUT2D eigenvalue weighted by molar-refractivity contribution is -0.149. The van der Waals surface area contributed by atoms with Crippen LogP contribution >= 0.6 is 0 Å². The van der Waals surface area contributed by atoms with Gasteiger partial charge in [-0.2, -0.15) is 0 Å². The molecule has 2 amide bonds. The van der Waals surface area contributed by atoms with E-state index in [2.05, 4.69) is 28.1 Å². The average molecular weight is 556 g/mol. The number of amides is 2. The van der Waals surface area contributed by atoms with Crippen LogP contribution in [0, 0.1) is 5.92 Å². The van der Waals surface area contributed by atoms with Crippen molar-refractivity contribution in [2.75, 3.05) is 13.1 Å². The second kappa shape index (κ2) is 14.6. The third kappa shape index (κ3) is 9.29. The molecule has 2 atom stereocenters. The number of carbonyl (C=O) groups excluding carboxylic acids is 3. The molecule has 1 unspecified atom stereocenters. The number of esters is 1. The summed E-state index contributed by atoms with van der Waals surface area (Å²) in [7, 11) is 0. The Balaban J connectivity index is 1.37. The highest BCUT2D eigenvalue weighted by molar-refractivity contribution is 5.91. The standard InChI is InChI=1S/C34H41N3O4/c1-25(2)20-30(33(40)41-23-27-14-8-4-9-15-27)37-32(39)29(21-26-12-6-3-7-13-26)36-31(38)22-35-24-34(18-19-34)28-16-10-5-11-17-28/h3-17,25,29-30,35H,18-24H2,1-2H3,(H,36,38)(H,37,39)/t29?,30-/m1/s1. The first kappa shape index (κ1) is 30.0. The molecule has 7 nitrogen and oxygen atoms in total. The van der Waals surface area contributed by atoms with Crippen LogP contribution < -0.4 is 16.0 Å². The van der Waals surface area contributed by atoms with Crippen LogP contribution in [0.2, 0.25) is 0 Å². The fourth-order valence-electron chi connectivity index (χ4n) is 5.02. The van der Waals surface area contributed by atoms with Gasteiger partial charge in [0.05, 0.1) is 6.54 Å². The van der Waals surface area contributed by atoms with E-state index in [4.69, 9.17) is 4.74 Å². The van der Waals surface area contributed by atoms with Crippen molar-refractivity contribution in [3.63, 3.8) is 0 Å². The Kier molecular flexibility index (Phi) is 10.7. The lowest BCUT2D eigenvalue weighted by atomic mass is 9.96. The van der Waals surface area contributed by atoms with Crippen molar-refractivity contribution in [1.82, 2.24) is 16.0 Å². The predicted octanol–water partition coefficient (Wildman–Crippen LogP) is 4.31. The van der Waals surface area contributed by atoms with Crippen LogP contribution in [0.25, 0.3) is 0 Å². The van der Waals surface area contributed by atoms with Gasteiger partial charge < -0.3 is 20.7 Å². The number of nitrogens with one attached hydrogen (secondary N) is 3. The second-order valence-electron chi connectivity index (χ2n) is 11.3. The van der Waals surface area contributed by atoms with Crippen molar-refractivity contribution >= 4 is 17.8 Å². The van der Waals surface area contributed by atoms with Crippen LogP contribution in [-0.4, -0.2) is 43.0 Å². The summed E-state index contributed by atoms with van der Waals surface area (Å²) in [5, 5.41) is 9.07. The van der Waals surface area contributed by atoms with E-state index in [0.29, 0.717) is 19.4 Å². The third-order valence-corrected chi connectivity index (χ3v) is 7.46. The molecule has 3 aromatic rings. The van der Waals surface area contributed by atoms with Crippen molar-refractivity contribution in [2.24, 2.45) is 5.92 Å². The van der Waals surface area contributed by atoms with Crippen molar-refractivity contribution in [1.29, 1.82) is 0 Å². The van der Waals surface area contributed by atoms with Crippen LogP contribution in [0.15, 0.2) is 91.0 Å². The molecule has 0 saturated heterocycles. The third-order valence-electron chi connectivity index (χ3n) is 7.46. The molecule has 7 heteroatoms. The summed E-state index contributed by atoms with van der Waals surface area (Å²) in [4.78, 5) is 39.5.